The van der Waals surface area contributed by atoms with Crippen LogP contribution >= 0.6 is 0 Å². The maximum absolute atomic E-state index is 9.84. The molecule has 0 radical (unpaired) electrons. The first-order valence-corrected chi connectivity index (χ1v) is 6.02. The van der Waals surface area contributed by atoms with E-state index in [9.17, 15) is 5.11 Å². The highest BCUT2D eigenvalue weighted by Crippen LogP contribution is 2.29. The van der Waals surface area contributed by atoms with Crippen molar-refractivity contribution in [3.63, 3.8) is 0 Å². The monoisotopic (exact) mass is 232 g/mol. The Kier molecular flexibility index (Phi) is 3.22. The third kappa shape index (κ3) is 2.08. The van der Waals surface area contributed by atoms with Crippen LogP contribution in [0.1, 0.15) is 29.7 Å². The van der Waals surface area contributed by atoms with Gasteiger partial charge in [0, 0.05) is 30.2 Å². The summed E-state index contributed by atoms with van der Waals surface area (Å²) in [7, 11) is 0. The zero-order valence-electron chi connectivity index (χ0n) is 10.7. The van der Waals surface area contributed by atoms with E-state index < -0.39 is 6.10 Å². The van der Waals surface area contributed by atoms with Gasteiger partial charge in [-0.15, -0.1) is 0 Å². The quantitative estimate of drug-likeness (QED) is 0.853. The summed E-state index contributed by atoms with van der Waals surface area (Å²) in [5, 5.41) is 11.0. The summed E-state index contributed by atoms with van der Waals surface area (Å²) in [5.41, 5.74) is 10.3. The number of nitrogens with zero attached hydrogens (tertiary/aromatic N) is 1. The highest BCUT2D eigenvalue weighted by molar-refractivity contribution is 5.87. The lowest BCUT2D eigenvalue weighted by Crippen LogP contribution is -2.09. The van der Waals surface area contributed by atoms with Crippen molar-refractivity contribution in [2.45, 2.75) is 33.4 Å². The van der Waals surface area contributed by atoms with Gasteiger partial charge in [-0.25, -0.2) is 0 Å². The van der Waals surface area contributed by atoms with Crippen LogP contribution in [0.2, 0.25) is 0 Å². The average Bonchev–Trinajstić information content (AvgIpc) is 2.57. The van der Waals surface area contributed by atoms with Gasteiger partial charge in [0.1, 0.15) is 0 Å². The maximum Gasteiger partial charge on any atom is 0.0782 e. The second-order valence-electron chi connectivity index (χ2n) is 4.72. The summed E-state index contributed by atoms with van der Waals surface area (Å²) in [4.78, 5) is 0. The normalized spacial score (nSPS) is 13.2. The molecule has 0 aliphatic heterocycles. The molecule has 0 amide bonds. The van der Waals surface area contributed by atoms with Crippen LogP contribution in [0.4, 0.5) is 0 Å². The lowest BCUT2D eigenvalue weighted by Gasteiger charge is -2.06. The topological polar surface area (TPSA) is 51.2 Å². The third-order valence-corrected chi connectivity index (χ3v) is 3.16. The SMILES string of the molecule is Cc1cc(C)c2c(c1)c(C(C)O)cn2CCN. The first kappa shape index (κ1) is 12.1. The molecule has 1 heterocycles. The Balaban J connectivity index is 2.76. The number of benzene rings is 1. The van der Waals surface area contributed by atoms with E-state index in [1.54, 1.807) is 6.92 Å². The van der Waals surface area contributed by atoms with Gasteiger partial charge in [0.25, 0.3) is 0 Å². The van der Waals surface area contributed by atoms with Crippen LogP contribution in [-0.4, -0.2) is 16.2 Å². The van der Waals surface area contributed by atoms with Crippen molar-refractivity contribution in [3.8, 4) is 0 Å². The molecule has 2 aromatic rings. The highest BCUT2D eigenvalue weighted by atomic mass is 16.3. The van der Waals surface area contributed by atoms with Crippen LogP contribution in [0.3, 0.4) is 0 Å². The van der Waals surface area contributed by atoms with Crippen LogP contribution in [-0.2, 0) is 6.54 Å². The number of aromatic nitrogens is 1. The fourth-order valence-electron chi connectivity index (χ4n) is 2.51. The van der Waals surface area contributed by atoms with Gasteiger partial charge in [-0.3, -0.25) is 0 Å². The number of fused-ring (bicyclic) bond motifs is 1. The van der Waals surface area contributed by atoms with Gasteiger partial charge >= 0.3 is 0 Å². The number of aliphatic hydroxyl groups excluding tert-OH is 1. The molecule has 1 unspecified atom stereocenters. The molecular weight excluding hydrogens is 212 g/mol. The van der Waals surface area contributed by atoms with Crippen LogP contribution in [0, 0.1) is 13.8 Å². The van der Waals surface area contributed by atoms with Crippen LogP contribution in [0.5, 0.6) is 0 Å². The molecule has 1 atom stereocenters. The Hall–Kier alpha value is -1.32. The number of hydrogen-bond acceptors (Lipinski definition) is 2. The van der Waals surface area contributed by atoms with Crippen molar-refractivity contribution in [2.24, 2.45) is 5.73 Å². The van der Waals surface area contributed by atoms with Crippen molar-refractivity contribution in [1.29, 1.82) is 0 Å². The molecule has 3 nitrogen and oxygen atoms in total. The Bertz CT molecular complexity index is 541. The van der Waals surface area contributed by atoms with Crippen molar-refractivity contribution in [1.82, 2.24) is 4.57 Å². The van der Waals surface area contributed by atoms with E-state index in [2.05, 4.69) is 30.5 Å². The Morgan fingerprint density at radius 3 is 2.65 bits per heavy atom. The molecule has 0 fully saturated rings. The second kappa shape index (κ2) is 4.51. The van der Waals surface area contributed by atoms with Crippen LogP contribution in [0.25, 0.3) is 10.9 Å². The number of aryl methyl sites for hydroxylation is 2. The molecule has 0 spiro atoms. The van der Waals surface area contributed by atoms with E-state index >= 15 is 0 Å². The van der Waals surface area contributed by atoms with Crippen LogP contribution in [0.15, 0.2) is 18.3 Å². The predicted molar refractivity (Wildman–Crippen MR) is 71.1 cm³/mol. The van der Waals surface area contributed by atoms with Crippen molar-refractivity contribution in [2.75, 3.05) is 6.54 Å². The molecular formula is C14H20N2O. The highest BCUT2D eigenvalue weighted by Gasteiger charge is 2.14. The lowest BCUT2D eigenvalue weighted by atomic mass is 10.0. The van der Waals surface area contributed by atoms with E-state index in [-0.39, 0.29) is 0 Å². The molecule has 0 aliphatic carbocycles. The molecule has 92 valence electrons. The predicted octanol–water partition coefficient (Wildman–Crippen LogP) is 2.27. The summed E-state index contributed by atoms with van der Waals surface area (Å²) in [6.07, 6.45) is 1.58. The fraction of sp³-hybridized carbons (Fsp3) is 0.429. The number of hydrogen-bond donors (Lipinski definition) is 2. The zero-order chi connectivity index (χ0) is 12.6. The molecule has 1 aromatic heterocycles. The van der Waals surface area contributed by atoms with E-state index in [1.807, 2.05) is 6.20 Å². The summed E-state index contributed by atoms with van der Waals surface area (Å²) < 4.78 is 2.14. The van der Waals surface area contributed by atoms with Crippen molar-refractivity contribution >= 4 is 10.9 Å². The zero-order valence-corrected chi connectivity index (χ0v) is 10.7. The Labute approximate surface area is 102 Å². The lowest BCUT2D eigenvalue weighted by molar-refractivity contribution is 0.200. The maximum atomic E-state index is 9.84. The molecule has 3 heteroatoms. The van der Waals surface area contributed by atoms with E-state index in [4.69, 9.17) is 5.73 Å². The number of rotatable bonds is 3. The van der Waals surface area contributed by atoms with Gasteiger partial charge in [-0.2, -0.15) is 0 Å². The van der Waals surface area contributed by atoms with Crippen molar-refractivity contribution in [3.05, 3.63) is 35.0 Å². The van der Waals surface area contributed by atoms with E-state index in [0.29, 0.717) is 6.54 Å². The molecule has 0 aliphatic rings. The van der Waals surface area contributed by atoms with Gasteiger partial charge in [0.15, 0.2) is 0 Å². The smallest absolute Gasteiger partial charge is 0.0782 e. The third-order valence-electron chi connectivity index (χ3n) is 3.16. The second-order valence-corrected chi connectivity index (χ2v) is 4.72. The molecule has 17 heavy (non-hydrogen) atoms. The minimum Gasteiger partial charge on any atom is -0.389 e. The standard InChI is InChI=1S/C14H20N2O/c1-9-6-10(2)14-12(7-9)13(11(3)17)8-16(14)5-4-15/h6-8,11,17H,4-5,15H2,1-3H3. The molecule has 0 bridgehead atoms. The van der Waals surface area contributed by atoms with E-state index in [0.717, 1.165) is 17.5 Å². The Morgan fingerprint density at radius 1 is 1.35 bits per heavy atom. The first-order chi connectivity index (χ1) is 8.04. The minimum atomic E-state index is -0.447. The first-order valence-electron chi connectivity index (χ1n) is 6.02. The van der Waals surface area contributed by atoms with Gasteiger partial charge < -0.3 is 15.4 Å². The molecule has 0 saturated heterocycles. The molecule has 2 rings (SSSR count). The molecule has 0 saturated carbocycles. The minimum absolute atomic E-state index is 0.447. The van der Waals surface area contributed by atoms with Gasteiger partial charge in [-0.1, -0.05) is 11.6 Å². The molecule has 1 aromatic carbocycles. The number of aliphatic hydroxyl groups is 1. The van der Waals surface area contributed by atoms with E-state index in [1.165, 1.54) is 16.6 Å². The summed E-state index contributed by atoms with van der Waals surface area (Å²) in [6, 6.07) is 4.30. The summed E-state index contributed by atoms with van der Waals surface area (Å²) in [6.45, 7) is 7.38. The largest absolute Gasteiger partial charge is 0.389 e. The van der Waals surface area contributed by atoms with Gasteiger partial charge in [0.2, 0.25) is 0 Å². The van der Waals surface area contributed by atoms with Gasteiger partial charge in [0.05, 0.1) is 11.6 Å². The number of nitrogens with two attached hydrogens (primary N) is 1. The fourth-order valence-corrected chi connectivity index (χ4v) is 2.51. The Morgan fingerprint density at radius 2 is 2.06 bits per heavy atom. The average molecular weight is 232 g/mol. The van der Waals surface area contributed by atoms with Crippen molar-refractivity contribution < 1.29 is 5.11 Å². The van der Waals surface area contributed by atoms with Gasteiger partial charge in [-0.05, 0) is 32.4 Å². The molecule has 3 N–H and O–H groups in total. The van der Waals surface area contributed by atoms with Crippen LogP contribution < -0.4 is 5.73 Å². The summed E-state index contributed by atoms with van der Waals surface area (Å²) in [5.74, 6) is 0. The summed E-state index contributed by atoms with van der Waals surface area (Å²) >= 11 is 0.